The number of rotatable bonds is 2. The number of aromatic nitrogens is 3. The lowest BCUT2D eigenvalue weighted by atomic mass is 10.1. The van der Waals surface area contributed by atoms with Crippen LogP contribution in [0.5, 0.6) is 0 Å². The first kappa shape index (κ1) is 10.5. The topological polar surface area (TPSA) is 54.5 Å². The Morgan fingerprint density at radius 3 is 2.72 bits per heavy atom. The van der Waals surface area contributed by atoms with Crippen LogP contribution >= 0.6 is 0 Å². The maximum Gasteiger partial charge on any atom is 0.147 e. The fourth-order valence-corrected chi connectivity index (χ4v) is 2.02. The molecule has 0 atom stereocenters. The van der Waals surface area contributed by atoms with Crippen LogP contribution in [0.25, 0.3) is 10.9 Å². The van der Waals surface area contributed by atoms with Crippen molar-refractivity contribution < 1.29 is 0 Å². The highest BCUT2D eigenvalue weighted by Gasteiger charge is 2.06. The summed E-state index contributed by atoms with van der Waals surface area (Å²) in [6.45, 7) is 0.610. The average molecular weight is 234 g/mol. The van der Waals surface area contributed by atoms with Crippen LogP contribution in [0.15, 0.2) is 48.9 Å². The van der Waals surface area contributed by atoms with Gasteiger partial charge in [0.25, 0.3) is 0 Å². The Morgan fingerprint density at radius 2 is 1.94 bits per heavy atom. The van der Waals surface area contributed by atoms with Crippen LogP contribution in [-0.4, -0.2) is 14.5 Å². The Kier molecular flexibility index (Phi) is 2.50. The molecule has 0 aliphatic carbocycles. The Hall–Kier alpha value is -2.67. The third-order valence-electron chi connectivity index (χ3n) is 2.87. The van der Waals surface area contributed by atoms with Crippen LogP contribution in [-0.2, 0) is 6.54 Å². The predicted molar refractivity (Wildman–Crippen MR) is 67.8 cm³/mol. The minimum absolute atomic E-state index is 0.610. The third-order valence-corrected chi connectivity index (χ3v) is 2.87. The lowest BCUT2D eigenvalue weighted by molar-refractivity contribution is 0.771. The summed E-state index contributed by atoms with van der Waals surface area (Å²) in [6.07, 6.45) is 5.42. The van der Waals surface area contributed by atoms with Crippen LogP contribution in [0.3, 0.4) is 0 Å². The predicted octanol–water partition coefficient (Wildman–Crippen LogP) is 2.35. The van der Waals surface area contributed by atoms with Gasteiger partial charge in [-0.1, -0.05) is 6.07 Å². The highest BCUT2D eigenvalue weighted by atomic mass is 15.0. The van der Waals surface area contributed by atoms with E-state index in [9.17, 15) is 0 Å². The largest absolute Gasteiger partial charge is 0.340 e. The van der Waals surface area contributed by atoms with E-state index < -0.39 is 0 Å². The van der Waals surface area contributed by atoms with Gasteiger partial charge in [-0.05, 0) is 24.3 Å². The monoisotopic (exact) mass is 234 g/mol. The molecule has 2 aromatic heterocycles. The van der Waals surface area contributed by atoms with Crippen LogP contribution < -0.4 is 0 Å². The first-order valence-electron chi connectivity index (χ1n) is 5.62. The number of fused-ring (bicyclic) bond motifs is 1. The van der Waals surface area contributed by atoms with Gasteiger partial charge in [0.15, 0.2) is 0 Å². The molecule has 0 radical (unpaired) electrons. The van der Waals surface area contributed by atoms with E-state index in [-0.39, 0.29) is 0 Å². The molecule has 0 spiro atoms. The van der Waals surface area contributed by atoms with E-state index in [4.69, 9.17) is 5.26 Å². The van der Waals surface area contributed by atoms with Gasteiger partial charge in [-0.3, -0.25) is 0 Å². The minimum atomic E-state index is 0.610. The van der Waals surface area contributed by atoms with Gasteiger partial charge in [0.1, 0.15) is 5.82 Å². The molecule has 4 nitrogen and oxygen atoms in total. The maximum absolute atomic E-state index is 9.05. The van der Waals surface area contributed by atoms with Crippen molar-refractivity contribution in [3.05, 3.63) is 60.3 Å². The lowest BCUT2D eigenvalue weighted by Crippen LogP contribution is -2.02. The molecule has 3 rings (SSSR count). The van der Waals surface area contributed by atoms with Gasteiger partial charge < -0.3 is 4.57 Å². The number of hydrogen-bond donors (Lipinski definition) is 0. The normalized spacial score (nSPS) is 10.4. The smallest absolute Gasteiger partial charge is 0.147 e. The summed E-state index contributed by atoms with van der Waals surface area (Å²) in [5.74, 6) is 0.761. The van der Waals surface area contributed by atoms with E-state index in [0.29, 0.717) is 12.1 Å². The number of nitrogens with zero attached hydrogens (tertiary/aromatic N) is 4. The number of benzene rings is 1. The van der Waals surface area contributed by atoms with E-state index in [2.05, 4.69) is 16.0 Å². The standard InChI is InChI=1S/C14H10N4/c15-9-11-3-1-4-13-12(11)5-8-18(13)10-14-16-6-2-7-17-14/h1-8H,10H2. The Labute approximate surface area is 104 Å². The molecule has 4 heteroatoms. The van der Waals surface area contributed by atoms with E-state index >= 15 is 0 Å². The zero-order valence-electron chi connectivity index (χ0n) is 9.61. The molecule has 86 valence electrons. The molecule has 0 amide bonds. The SMILES string of the molecule is N#Cc1cccc2c1ccn2Cc1ncccn1. The lowest BCUT2D eigenvalue weighted by Gasteiger charge is -2.04. The highest BCUT2D eigenvalue weighted by molar-refractivity contribution is 5.86. The van der Waals surface area contributed by atoms with E-state index in [1.54, 1.807) is 18.5 Å². The Balaban J connectivity index is 2.07. The molecule has 0 saturated heterocycles. The Morgan fingerprint density at radius 1 is 1.11 bits per heavy atom. The van der Waals surface area contributed by atoms with Crippen molar-refractivity contribution >= 4 is 10.9 Å². The minimum Gasteiger partial charge on any atom is -0.340 e. The number of hydrogen-bond acceptors (Lipinski definition) is 3. The zero-order chi connectivity index (χ0) is 12.4. The van der Waals surface area contributed by atoms with Crippen molar-refractivity contribution in [3.8, 4) is 6.07 Å². The van der Waals surface area contributed by atoms with E-state index in [1.807, 2.05) is 35.0 Å². The summed E-state index contributed by atoms with van der Waals surface area (Å²) in [5, 5.41) is 10.0. The van der Waals surface area contributed by atoms with Gasteiger partial charge in [0.2, 0.25) is 0 Å². The van der Waals surface area contributed by atoms with Crippen LogP contribution in [0, 0.1) is 11.3 Å². The molecule has 1 aromatic carbocycles. The second kappa shape index (κ2) is 4.30. The molecule has 0 fully saturated rings. The second-order valence-corrected chi connectivity index (χ2v) is 3.96. The molecule has 0 aliphatic rings. The summed E-state index contributed by atoms with van der Waals surface area (Å²) in [7, 11) is 0. The van der Waals surface area contributed by atoms with Crippen molar-refractivity contribution in [2.45, 2.75) is 6.54 Å². The van der Waals surface area contributed by atoms with Crippen molar-refractivity contribution in [2.75, 3.05) is 0 Å². The second-order valence-electron chi connectivity index (χ2n) is 3.96. The first-order chi connectivity index (χ1) is 8.88. The average Bonchev–Trinajstić information content (AvgIpc) is 2.83. The van der Waals surface area contributed by atoms with E-state index in [0.717, 1.165) is 16.7 Å². The first-order valence-corrected chi connectivity index (χ1v) is 5.62. The zero-order valence-corrected chi connectivity index (χ0v) is 9.61. The van der Waals surface area contributed by atoms with Gasteiger partial charge >= 0.3 is 0 Å². The summed E-state index contributed by atoms with van der Waals surface area (Å²) < 4.78 is 2.05. The van der Waals surface area contributed by atoms with Crippen LogP contribution in [0.1, 0.15) is 11.4 Å². The molecule has 0 unspecified atom stereocenters. The number of nitriles is 1. The fourth-order valence-electron chi connectivity index (χ4n) is 2.02. The molecule has 3 aromatic rings. The highest BCUT2D eigenvalue weighted by Crippen LogP contribution is 2.20. The molecule has 0 aliphatic heterocycles. The molecular formula is C14H10N4. The Bertz CT molecular complexity index is 722. The molecule has 0 N–H and O–H groups in total. The van der Waals surface area contributed by atoms with Crippen molar-refractivity contribution in [1.29, 1.82) is 5.26 Å². The van der Waals surface area contributed by atoms with Gasteiger partial charge in [-0.2, -0.15) is 5.26 Å². The summed E-state index contributed by atoms with van der Waals surface area (Å²) in [5.41, 5.74) is 1.72. The van der Waals surface area contributed by atoms with Crippen LogP contribution in [0.2, 0.25) is 0 Å². The molecule has 2 heterocycles. The summed E-state index contributed by atoms with van der Waals surface area (Å²) in [6, 6.07) is 11.7. The van der Waals surface area contributed by atoms with Crippen molar-refractivity contribution in [1.82, 2.24) is 14.5 Å². The van der Waals surface area contributed by atoms with Gasteiger partial charge in [-0.15, -0.1) is 0 Å². The maximum atomic E-state index is 9.05. The third kappa shape index (κ3) is 1.72. The molecule has 0 saturated carbocycles. The van der Waals surface area contributed by atoms with Gasteiger partial charge in [-0.25, -0.2) is 9.97 Å². The summed E-state index contributed by atoms with van der Waals surface area (Å²) in [4.78, 5) is 8.41. The van der Waals surface area contributed by atoms with Crippen molar-refractivity contribution in [3.63, 3.8) is 0 Å². The van der Waals surface area contributed by atoms with Crippen LogP contribution in [0.4, 0.5) is 0 Å². The van der Waals surface area contributed by atoms with Gasteiger partial charge in [0.05, 0.1) is 18.2 Å². The molecule has 0 bridgehead atoms. The van der Waals surface area contributed by atoms with E-state index in [1.165, 1.54) is 0 Å². The van der Waals surface area contributed by atoms with Gasteiger partial charge in [0, 0.05) is 29.5 Å². The molecular weight excluding hydrogens is 224 g/mol. The van der Waals surface area contributed by atoms with Crippen molar-refractivity contribution in [2.24, 2.45) is 0 Å². The molecule has 18 heavy (non-hydrogen) atoms. The fraction of sp³-hybridized carbons (Fsp3) is 0.0714. The quantitative estimate of drug-likeness (QED) is 0.684. The summed E-state index contributed by atoms with van der Waals surface area (Å²) >= 11 is 0.